The van der Waals surface area contributed by atoms with E-state index in [9.17, 15) is 0 Å². The van der Waals surface area contributed by atoms with Gasteiger partial charge in [-0.3, -0.25) is 0 Å². The van der Waals surface area contributed by atoms with Gasteiger partial charge in [0.1, 0.15) is 0 Å². The summed E-state index contributed by atoms with van der Waals surface area (Å²) in [6, 6.07) is 112. The van der Waals surface area contributed by atoms with Gasteiger partial charge in [-0.25, -0.2) is 0 Å². The number of hydrogen-bond acceptors (Lipinski definition) is 0. The highest BCUT2D eigenvalue weighted by molar-refractivity contribution is 7.19. The lowest BCUT2D eigenvalue weighted by molar-refractivity contribution is 1.18. The van der Waals surface area contributed by atoms with Gasteiger partial charge in [0.15, 0.2) is 8.07 Å². The van der Waals surface area contributed by atoms with Gasteiger partial charge in [0, 0.05) is 32.9 Å². The lowest BCUT2D eigenvalue weighted by Gasteiger charge is -2.34. The highest BCUT2D eigenvalue weighted by Crippen LogP contribution is 2.40. The Morgan fingerprint density at radius 2 is 0.600 bits per heavy atom. The van der Waals surface area contributed by atoms with Gasteiger partial charge in [-0.05, 0) is 126 Å². The molecule has 0 aliphatic carbocycles. The van der Waals surface area contributed by atoms with Crippen LogP contribution >= 0.6 is 0 Å². The fourth-order valence-corrected chi connectivity index (χ4v) is 16.9. The van der Waals surface area contributed by atoms with E-state index in [2.05, 4.69) is 312 Å². The van der Waals surface area contributed by atoms with Crippen molar-refractivity contribution < 1.29 is 0 Å². The van der Waals surface area contributed by atoms with Gasteiger partial charge in [0.2, 0.25) is 0 Å². The molecule has 14 rings (SSSR count). The van der Waals surface area contributed by atoms with Crippen molar-refractivity contribution in [3.63, 3.8) is 0 Å². The van der Waals surface area contributed by atoms with Crippen molar-refractivity contribution in [3.8, 4) is 55.9 Å². The minimum atomic E-state index is -2.73. The van der Waals surface area contributed by atoms with E-state index in [4.69, 9.17) is 0 Å². The summed E-state index contributed by atoms with van der Waals surface area (Å²) in [5, 5.41) is 10.4. The van der Waals surface area contributed by atoms with Crippen LogP contribution in [0.2, 0.25) is 0 Å². The predicted molar refractivity (Wildman–Crippen MR) is 320 cm³/mol. The smallest absolute Gasteiger partial charge is 0.179 e. The van der Waals surface area contributed by atoms with Crippen LogP contribution in [0.25, 0.3) is 99.5 Å². The number of nitrogens with zero attached hydrogens (tertiary/aromatic N) is 2. The summed E-state index contributed by atoms with van der Waals surface area (Å²) in [6.45, 7) is 0. The largest absolute Gasteiger partial charge is 0.309 e. The molecule has 2 heterocycles. The molecule has 0 saturated heterocycles. The summed E-state index contributed by atoms with van der Waals surface area (Å²) in [7, 11) is -2.73. The summed E-state index contributed by atoms with van der Waals surface area (Å²) < 4.78 is 4.83. The molecule has 3 heteroatoms. The molecule has 352 valence electrons. The fraction of sp³-hybridized carbons (Fsp3) is 0. The standard InChI is InChI=1S/C72H50N2Si/c1-5-26-57(27-6-1)73-71-45-43-53(49-68(71)67-44-42-54(50-72(67)73)52-23-20-28-58(47-52)74-69-40-17-15-38-65(69)66-39-16-18-41-70(66)74)51-22-19-24-55(46-51)63-36-13-14-37-64(63)56-25-21-35-62(48-56)75(59-29-7-2-8-30-59,60-31-9-3-10-32-60)61-33-11-4-12-34-61/h1-50H. The highest BCUT2D eigenvalue weighted by Gasteiger charge is 2.41. The highest BCUT2D eigenvalue weighted by atomic mass is 28.3. The van der Waals surface area contributed by atoms with E-state index in [1.165, 1.54) is 109 Å². The SMILES string of the molecule is c1ccc(-n2c3ccc(-c4cccc(-c5ccccc5-c5cccc([Si](c6ccccc6)(c6ccccc6)c6ccccc6)c5)c4)cc3c3ccc(-c4cccc(-n5c6ccccc6c6ccccc65)c4)cc32)cc1. The molecule has 2 aromatic heterocycles. The van der Waals surface area contributed by atoms with Gasteiger partial charge in [-0.2, -0.15) is 0 Å². The zero-order chi connectivity index (χ0) is 49.7. The molecule has 0 spiro atoms. The second-order valence-electron chi connectivity index (χ2n) is 19.6. The van der Waals surface area contributed by atoms with Gasteiger partial charge in [0.05, 0.1) is 22.1 Å². The van der Waals surface area contributed by atoms with Crippen molar-refractivity contribution >= 4 is 72.4 Å². The molecule has 0 saturated carbocycles. The Kier molecular flexibility index (Phi) is 10.9. The Hall–Kier alpha value is -9.54. The Balaban J connectivity index is 0.867. The summed E-state index contributed by atoms with van der Waals surface area (Å²) in [4.78, 5) is 0. The Morgan fingerprint density at radius 1 is 0.200 bits per heavy atom. The van der Waals surface area contributed by atoms with E-state index < -0.39 is 8.07 Å². The molecule has 0 aliphatic heterocycles. The van der Waals surface area contributed by atoms with Crippen LogP contribution < -0.4 is 20.7 Å². The maximum atomic E-state index is 2.48. The van der Waals surface area contributed by atoms with E-state index in [1.54, 1.807) is 0 Å². The summed E-state index contributed by atoms with van der Waals surface area (Å²) >= 11 is 0. The van der Waals surface area contributed by atoms with Crippen LogP contribution in [0, 0.1) is 0 Å². The van der Waals surface area contributed by atoms with Crippen LogP contribution in [0.1, 0.15) is 0 Å². The van der Waals surface area contributed by atoms with Crippen molar-refractivity contribution in [2.45, 2.75) is 0 Å². The predicted octanol–water partition coefficient (Wildman–Crippen LogP) is 15.9. The maximum absolute atomic E-state index is 2.73. The molecule has 75 heavy (non-hydrogen) atoms. The summed E-state index contributed by atoms with van der Waals surface area (Å²) in [5.41, 5.74) is 16.6. The number of hydrogen-bond donors (Lipinski definition) is 0. The van der Waals surface area contributed by atoms with Gasteiger partial charge >= 0.3 is 0 Å². The Bertz CT molecular complexity index is 4250. The Labute approximate surface area is 438 Å². The van der Waals surface area contributed by atoms with Crippen LogP contribution in [0.4, 0.5) is 0 Å². The molecule has 0 fully saturated rings. The van der Waals surface area contributed by atoms with Crippen molar-refractivity contribution in [2.75, 3.05) is 0 Å². The van der Waals surface area contributed by atoms with Gasteiger partial charge < -0.3 is 9.13 Å². The van der Waals surface area contributed by atoms with Crippen molar-refractivity contribution in [3.05, 3.63) is 303 Å². The number of rotatable bonds is 10. The third kappa shape index (κ3) is 7.47. The number of benzene rings is 12. The van der Waals surface area contributed by atoms with E-state index in [0.717, 1.165) is 11.4 Å². The first kappa shape index (κ1) is 44.2. The number of fused-ring (bicyclic) bond motifs is 6. The molecule has 0 amide bonds. The second-order valence-corrected chi connectivity index (χ2v) is 23.4. The van der Waals surface area contributed by atoms with Gasteiger partial charge in [0.25, 0.3) is 0 Å². The Morgan fingerprint density at radius 3 is 1.23 bits per heavy atom. The molecule has 14 aromatic rings. The number of para-hydroxylation sites is 3. The van der Waals surface area contributed by atoms with Crippen molar-refractivity contribution in [1.29, 1.82) is 0 Å². The van der Waals surface area contributed by atoms with Crippen molar-refractivity contribution in [2.24, 2.45) is 0 Å². The first-order valence-corrected chi connectivity index (χ1v) is 27.9. The van der Waals surface area contributed by atoms with E-state index >= 15 is 0 Å². The van der Waals surface area contributed by atoms with Crippen LogP contribution in [-0.2, 0) is 0 Å². The molecule has 12 aromatic carbocycles. The molecule has 2 nitrogen and oxygen atoms in total. The van der Waals surface area contributed by atoms with E-state index in [0.29, 0.717) is 0 Å². The zero-order valence-electron chi connectivity index (χ0n) is 41.3. The normalized spacial score (nSPS) is 11.7. The van der Waals surface area contributed by atoms with E-state index in [-0.39, 0.29) is 0 Å². The average molecular weight is 971 g/mol. The topological polar surface area (TPSA) is 9.86 Å². The quantitative estimate of drug-likeness (QED) is 0.0955. The summed E-state index contributed by atoms with van der Waals surface area (Å²) in [5.74, 6) is 0. The maximum Gasteiger partial charge on any atom is 0.179 e. The first-order chi connectivity index (χ1) is 37.2. The van der Waals surface area contributed by atoms with Gasteiger partial charge in [-0.1, -0.05) is 243 Å². The van der Waals surface area contributed by atoms with Gasteiger partial charge in [-0.15, -0.1) is 0 Å². The molecule has 0 unspecified atom stereocenters. The number of aromatic nitrogens is 2. The van der Waals surface area contributed by atoms with Crippen LogP contribution in [0.5, 0.6) is 0 Å². The van der Waals surface area contributed by atoms with E-state index in [1.807, 2.05) is 0 Å². The molecular formula is C72H50N2Si. The lowest BCUT2D eigenvalue weighted by atomic mass is 9.92. The zero-order valence-corrected chi connectivity index (χ0v) is 42.3. The molecule has 0 N–H and O–H groups in total. The minimum absolute atomic E-state index is 1.14. The second kappa shape index (κ2) is 18.5. The molecule has 0 aliphatic rings. The van der Waals surface area contributed by atoms with Crippen molar-refractivity contribution in [1.82, 2.24) is 9.13 Å². The fourth-order valence-electron chi connectivity index (χ4n) is 12.1. The average Bonchev–Trinajstić information content (AvgIpc) is 4.01. The molecule has 0 radical (unpaired) electrons. The minimum Gasteiger partial charge on any atom is -0.309 e. The molecular weight excluding hydrogens is 921 g/mol. The summed E-state index contributed by atoms with van der Waals surface area (Å²) in [6.07, 6.45) is 0. The third-order valence-corrected chi connectivity index (χ3v) is 20.2. The lowest BCUT2D eigenvalue weighted by Crippen LogP contribution is -2.74. The monoisotopic (exact) mass is 970 g/mol. The van der Waals surface area contributed by atoms with Crippen LogP contribution in [0.3, 0.4) is 0 Å². The van der Waals surface area contributed by atoms with Crippen LogP contribution in [0.15, 0.2) is 303 Å². The van der Waals surface area contributed by atoms with Crippen LogP contribution in [-0.4, -0.2) is 17.2 Å². The first-order valence-electron chi connectivity index (χ1n) is 25.9. The molecule has 0 atom stereocenters. The molecule has 0 bridgehead atoms. The third-order valence-electron chi connectivity index (χ3n) is 15.5.